The van der Waals surface area contributed by atoms with Gasteiger partial charge in [0.1, 0.15) is 10.9 Å². The maximum atomic E-state index is 13.0. The van der Waals surface area contributed by atoms with Crippen molar-refractivity contribution in [3.63, 3.8) is 0 Å². The Kier molecular flexibility index (Phi) is 3.09. The van der Waals surface area contributed by atoms with Gasteiger partial charge in [0.2, 0.25) is 5.82 Å². The van der Waals surface area contributed by atoms with Gasteiger partial charge in [-0.25, -0.2) is 8.78 Å². The molecule has 0 atom stereocenters. The predicted octanol–water partition coefficient (Wildman–Crippen LogP) is 3.02. The second-order valence-electron chi connectivity index (χ2n) is 6.12. The predicted molar refractivity (Wildman–Crippen MR) is 80.1 cm³/mol. The van der Waals surface area contributed by atoms with E-state index in [1.165, 1.54) is 11.8 Å². The third kappa shape index (κ3) is 2.36. The van der Waals surface area contributed by atoms with E-state index in [0.29, 0.717) is 22.6 Å². The topological polar surface area (TPSA) is 73.8 Å². The van der Waals surface area contributed by atoms with Crippen LogP contribution in [0, 0.1) is 0 Å². The molecule has 0 spiro atoms. The van der Waals surface area contributed by atoms with Gasteiger partial charge >= 0.3 is 0 Å². The summed E-state index contributed by atoms with van der Waals surface area (Å²) in [6, 6.07) is 3.84. The summed E-state index contributed by atoms with van der Waals surface area (Å²) in [6.45, 7) is 0. The first-order chi connectivity index (χ1) is 11.7. The number of rotatable bonds is 5. The zero-order valence-electron chi connectivity index (χ0n) is 12.5. The second kappa shape index (κ2) is 5.20. The fraction of sp³-hybridized carbons (Fsp3) is 0.500. The summed E-state index contributed by atoms with van der Waals surface area (Å²) in [5.41, 5.74) is 0.303. The van der Waals surface area contributed by atoms with Crippen LogP contribution in [0.2, 0.25) is 0 Å². The number of hydrogen-bond donors (Lipinski definition) is 0. The summed E-state index contributed by atoms with van der Waals surface area (Å²) >= 11 is 1.34. The number of fused-ring (bicyclic) bond motifs is 1. The number of nitrogens with zero attached hydrogens (tertiary/aromatic N) is 7. The maximum absolute atomic E-state index is 13.0. The highest BCUT2D eigenvalue weighted by Gasteiger charge is 2.36. The van der Waals surface area contributed by atoms with E-state index in [2.05, 4.69) is 30.1 Å². The van der Waals surface area contributed by atoms with Gasteiger partial charge in [0.25, 0.3) is 6.43 Å². The molecule has 2 saturated carbocycles. The standard InChI is InChI=1S/C14H13F2N7S/c15-11(16)13-19-17-9-5-6-10(21-23(9)13)24-14-20-18-12(7-1-2-7)22(14)8-3-4-8/h5-8,11H,1-4H2. The summed E-state index contributed by atoms with van der Waals surface area (Å²) in [4.78, 5) is 0. The van der Waals surface area contributed by atoms with Crippen molar-refractivity contribution in [2.75, 3.05) is 0 Å². The van der Waals surface area contributed by atoms with Crippen LogP contribution < -0.4 is 0 Å². The highest BCUT2D eigenvalue weighted by atomic mass is 32.2. The van der Waals surface area contributed by atoms with Crippen molar-refractivity contribution in [2.45, 2.75) is 54.3 Å². The van der Waals surface area contributed by atoms with Crippen molar-refractivity contribution in [1.82, 2.24) is 34.6 Å². The van der Waals surface area contributed by atoms with E-state index in [1.807, 2.05) is 0 Å². The van der Waals surface area contributed by atoms with Crippen LogP contribution in [0.25, 0.3) is 5.65 Å². The maximum Gasteiger partial charge on any atom is 0.299 e. The second-order valence-corrected chi connectivity index (χ2v) is 7.11. The zero-order chi connectivity index (χ0) is 16.3. The highest BCUT2D eigenvalue weighted by Crippen LogP contribution is 2.46. The van der Waals surface area contributed by atoms with Gasteiger partial charge in [-0.2, -0.15) is 9.61 Å². The molecule has 24 heavy (non-hydrogen) atoms. The lowest BCUT2D eigenvalue weighted by molar-refractivity contribution is 0.137. The molecule has 10 heteroatoms. The van der Waals surface area contributed by atoms with Crippen molar-refractivity contribution in [3.8, 4) is 0 Å². The van der Waals surface area contributed by atoms with E-state index >= 15 is 0 Å². The van der Waals surface area contributed by atoms with E-state index in [0.717, 1.165) is 41.2 Å². The summed E-state index contributed by atoms with van der Waals surface area (Å²) < 4.78 is 29.2. The van der Waals surface area contributed by atoms with Crippen molar-refractivity contribution in [1.29, 1.82) is 0 Å². The van der Waals surface area contributed by atoms with Crippen molar-refractivity contribution in [3.05, 3.63) is 23.8 Å². The molecular formula is C14H13F2N7S. The molecule has 0 amide bonds. The molecule has 124 valence electrons. The minimum absolute atomic E-state index is 0.303. The third-order valence-electron chi connectivity index (χ3n) is 4.20. The Bertz CT molecular complexity index is 913. The number of aromatic nitrogens is 7. The zero-order valence-corrected chi connectivity index (χ0v) is 13.3. The van der Waals surface area contributed by atoms with E-state index in [1.54, 1.807) is 12.1 Å². The molecule has 0 saturated heterocycles. The molecule has 5 rings (SSSR count). The molecule has 0 aliphatic heterocycles. The molecule has 3 aromatic heterocycles. The first-order valence-corrected chi connectivity index (χ1v) is 8.65. The summed E-state index contributed by atoms with van der Waals surface area (Å²) in [7, 11) is 0. The fourth-order valence-corrected chi connectivity index (χ4v) is 3.59. The van der Waals surface area contributed by atoms with Crippen LogP contribution in [0.4, 0.5) is 8.78 Å². The van der Waals surface area contributed by atoms with Gasteiger partial charge in [0.05, 0.1) is 0 Å². The van der Waals surface area contributed by atoms with Crippen LogP contribution >= 0.6 is 11.8 Å². The number of alkyl halides is 2. The first kappa shape index (κ1) is 14.3. The van der Waals surface area contributed by atoms with Gasteiger partial charge in [-0.05, 0) is 49.6 Å². The third-order valence-corrected chi connectivity index (χ3v) is 5.09. The molecule has 2 fully saturated rings. The van der Waals surface area contributed by atoms with Crippen LogP contribution in [0.5, 0.6) is 0 Å². The lowest BCUT2D eigenvalue weighted by Crippen LogP contribution is -2.03. The molecule has 0 aromatic carbocycles. The Balaban J connectivity index is 1.51. The summed E-state index contributed by atoms with van der Waals surface area (Å²) in [6.07, 6.45) is 1.89. The molecule has 0 radical (unpaired) electrons. The minimum atomic E-state index is -2.72. The largest absolute Gasteiger partial charge is 0.302 e. The van der Waals surface area contributed by atoms with Gasteiger partial charge in [0, 0.05) is 12.0 Å². The summed E-state index contributed by atoms with van der Waals surface area (Å²) in [5, 5.41) is 21.4. The molecular weight excluding hydrogens is 336 g/mol. The molecule has 7 nitrogen and oxygen atoms in total. The van der Waals surface area contributed by atoms with E-state index in [-0.39, 0.29) is 0 Å². The normalized spacial score (nSPS) is 18.0. The quantitative estimate of drug-likeness (QED) is 0.705. The lowest BCUT2D eigenvalue weighted by Gasteiger charge is -2.07. The molecule has 3 aromatic rings. The van der Waals surface area contributed by atoms with Crippen molar-refractivity contribution >= 4 is 17.4 Å². The van der Waals surface area contributed by atoms with Crippen LogP contribution in [-0.2, 0) is 0 Å². The Hall–Kier alpha value is -2.10. The van der Waals surface area contributed by atoms with Crippen LogP contribution in [0.1, 0.15) is 55.7 Å². The average Bonchev–Trinajstić information content (AvgIpc) is 3.49. The minimum Gasteiger partial charge on any atom is -0.302 e. The van der Waals surface area contributed by atoms with Gasteiger partial charge in [-0.3, -0.25) is 0 Å². The number of hydrogen-bond acceptors (Lipinski definition) is 6. The van der Waals surface area contributed by atoms with Gasteiger partial charge in [-0.15, -0.1) is 20.4 Å². The number of halogens is 2. The average molecular weight is 349 g/mol. The fourth-order valence-electron chi connectivity index (χ4n) is 2.73. The van der Waals surface area contributed by atoms with Crippen molar-refractivity contribution in [2.24, 2.45) is 0 Å². The van der Waals surface area contributed by atoms with Crippen LogP contribution in [0.15, 0.2) is 22.3 Å². The molecule has 3 heterocycles. The monoisotopic (exact) mass is 349 g/mol. The lowest BCUT2D eigenvalue weighted by atomic mass is 10.4. The first-order valence-electron chi connectivity index (χ1n) is 7.84. The van der Waals surface area contributed by atoms with Gasteiger partial charge < -0.3 is 4.57 Å². The van der Waals surface area contributed by atoms with Crippen LogP contribution in [-0.4, -0.2) is 34.6 Å². The van der Waals surface area contributed by atoms with E-state index < -0.39 is 12.2 Å². The molecule has 0 bridgehead atoms. The Morgan fingerprint density at radius 2 is 1.88 bits per heavy atom. The molecule has 2 aliphatic carbocycles. The van der Waals surface area contributed by atoms with E-state index in [9.17, 15) is 8.78 Å². The molecule has 0 unspecified atom stereocenters. The Morgan fingerprint density at radius 3 is 2.58 bits per heavy atom. The highest BCUT2D eigenvalue weighted by molar-refractivity contribution is 7.99. The SMILES string of the molecule is FC(F)c1nnc2ccc(Sc3nnc(C4CC4)n3C3CC3)nn12. The smallest absolute Gasteiger partial charge is 0.299 e. The Morgan fingerprint density at radius 1 is 1.04 bits per heavy atom. The molecule has 2 aliphatic rings. The Labute approximate surface area is 139 Å². The van der Waals surface area contributed by atoms with Crippen molar-refractivity contribution < 1.29 is 8.78 Å². The molecule has 0 N–H and O–H groups in total. The summed E-state index contributed by atoms with van der Waals surface area (Å²) in [5.74, 6) is 1.12. The van der Waals surface area contributed by atoms with E-state index in [4.69, 9.17) is 0 Å². The van der Waals surface area contributed by atoms with Gasteiger partial charge in [-0.1, -0.05) is 0 Å². The van der Waals surface area contributed by atoms with Gasteiger partial charge in [0.15, 0.2) is 10.8 Å². The van der Waals surface area contributed by atoms with Crippen LogP contribution in [0.3, 0.4) is 0 Å².